The van der Waals surface area contributed by atoms with Gasteiger partial charge in [0.25, 0.3) is 5.56 Å². The van der Waals surface area contributed by atoms with E-state index >= 15 is 0 Å². The van der Waals surface area contributed by atoms with Gasteiger partial charge in [0, 0.05) is 30.8 Å². The molecule has 2 atom stereocenters. The van der Waals surface area contributed by atoms with Gasteiger partial charge in [0.2, 0.25) is 5.91 Å². The molecule has 2 aliphatic rings. The second kappa shape index (κ2) is 7.86. The van der Waals surface area contributed by atoms with E-state index in [2.05, 4.69) is 32.7 Å². The van der Waals surface area contributed by atoms with Gasteiger partial charge in [0.1, 0.15) is 10.7 Å². The molecule has 6 heteroatoms. The zero-order chi connectivity index (χ0) is 20.8. The number of amides is 1. The van der Waals surface area contributed by atoms with Crippen molar-refractivity contribution in [2.45, 2.75) is 72.6 Å². The molecule has 0 aromatic carbocycles. The number of aromatic amines is 1. The van der Waals surface area contributed by atoms with Crippen LogP contribution < -0.4 is 5.56 Å². The van der Waals surface area contributed by atoms with E-state index in [1.807, 2.05) is 4.90 Å². The Kier molecular flexibility index (Phi) is 5.58. The summed E-state index contributed by atoms with van der Waals surface area (Å²) in [4.78, 5) is 37.3. The molecule has 0 saturated carbocycles. The normalized spacial score (nSPS) is 22.7. The monoisotopic (exact) mass is 415 g/mol. The van der Waals surface area contributed by atoms with Crippen molar-refractivity contribution in [3.8, 4) is 0 Å². The average molecular weight is 416 g/mol. The SMILES string of the molecule is C[C@@H]1CCCN(C(=O)CCc2nc3sc4c(c3c(=O)[nH]2)CC[C@H](C(C)(C)C)C4)C1. The number of aromatic nitrogens is 2. The standard InChI is InChI=1S/C23H33N3O2S/c1-14-6-5-11-26(13-14)19(27)10-9-18-24-21(28)20-16-8-7-15(23(2,3)4)12-17(16)29-22(20)25-18/h14-15H,5-13H2,1-4H3,(H,24,25,28)/t14-,15+/m1/s1. The van der Waals surface area contributed by atoms with Crippen LogP contribution >= 0.6 is 11.3 Å². The van der Waals surface area contributed by atoms with Crippen molar-refractivity contribution in [1.82, 2.24) is 14.9 Å². The first-order valence-corrected chi connectivity index (χ1v) is 11.8. The minimum Gasteiger partial charge on any atom is -0.342 e. The highest BCUT2D eigenvalue weighted by molar-refractivity contribution is 7.18. The summed E-state index contributed by atoms with van der Waals surface area (Å²) < 4.78 is 0. The van der Waals surface area contributed by atoms with E-state index in [0.717, 1.165) is 49.0 Å². The number of fused-ring (bicyclic) bond motifs is 3. The molecular formula is C23H33N3O2S. The number of likely N-dealkylation sites (tertiary alicyclic amines) is 1. The van der Waals surface area contributed by atoms with Gasteiger partial charge in [-0.05, 0) is 54.9 Å². The molecule has 1 amide bonds. The van der Waals surface area contributed by atoms with E-state index in [-0.39, 0.29) is 16.9 Å². The zero-order valence-electron chi connectivity index (χ0n) is 18.1. The Morgan fingerprint density at radius 2 is 2.10 bits per heavy atom. The highest BCUT2D eigenvalue weighted by Crippen LogP contribution is 2.42. The van der Waals surface area contributed by atoms with Crippen LogP contribution in [0, 0.1) is 17.3 Å². The molecule has 29 heavy (non-hydrogen) atoms. The Balaban J connectivity index is 1.51. The van der Waals surface area contributed by atoms with Crippen LogP contribution in [0.2, 0.25) is 0 Å². The van der Waals surface area contributed by atoms with Crippen molar-refractivity contribution in [3.05, 3.63) is 26.6 Å². The van der Waals surface area contributed by atoms with Crippen molar-refractivity contribution in [1.29, 1.82) is 0 Å². The number of nitrogens with one attached hydrogen (secondary N) is 1. The molecule has 1 fully saturated rings. The van der Waals surface area contributed by atoms with E-state index in [9.17, 15) is 9.59 Å². The number of H-pyrrole nitrogens is 1. The van der Waals surface area contributed by atoms with Crippen LogP contribution in [-0.2, 0) is 24.1 Å². The molecule has 0 bridgehead atoms. The Hall–Kier alpha value is -1.69. The van der Waals surface area contributed by atoms with Crippen molar-refractivity contribution in [2.24, 2.45) is 17.3 Å². The van der Waals surface area contributed by atoms with Crippen molar-refractivity contribution >= 4 is 27.5 Å². The number of hydrogen-bond donors (Lipinski definition) is 1. The highest BCUT2D eigenvalue weighted by atomic mass is 32.1. The molecule has 4 rings (SSSR count). The lowest BCUT2D eigenvalue weighted by atomic mass is 9.72. The number of aryl methyl sites for hydroxylation is 2. The van der Waals surface area contributed by atoms with Crippen LogP contribution in [0.4, 0.5) is 0 Å². The van der Waals surface area contributed by atoms with Gasteiger partial charge < -0.3 is 9.88 Å². The topological polar surface area (TPSA) is 66.1 Å². The summed E-state index contributed by atoms with van der Waals surface area (Å²) in [6.45, 7) is 10.8. The van der Waals surface area contributed by atoms with E-state index < -0.39 is 0 Å². The summed E-state index contributed by atoms with van der Waals surface area (Å²) in [7, 11) is 0. The second-order valence-electron chi connectivity index (χ2n) is 10.1. The third-order valence-electron chi connectivity index (χ3n) is 6.78. The number of piperidine rings is 1. The predicted molar refractivity (Wildman–Crippen MR) is 119 cm³/mol. The number of thiophene rings is 1. The van der Waals surface area contributed by atoms with Crippen LogP contribution in [0.5, 0.6) is 0 Å². The lowest BCUT2D eigenvalue weighted by molar-refractivity contribution is -0.132. The molecule has 0 radical (unpaired) electrons. The summed E-state index contributed by atoms with van der Waals surface area (Å²) in [6.07, 6.45) is 6.35. The van der Waals surface area contributed by atoms with E-state index in [0.29, 0.717) is 30.5 Å². The predicted octanol–water partition coefficient (Wildman–Crippen LogP) is 4.33. The van der Waals surface area contributed by atoms with Crippen LogP contribution in [0.25, 0.3) is 10.2 Å². The molecule has 1 aliphatic heterocycles. The van der Waals surface area contributed by atoms with Crippen molar-refractivity contribution in [3.63, 3.8) is 0 Å². The third kappa shape index (κ3) is 4.27. The van der Waals surface area contributed by atoms with Crippen LogP contribution in [0.3, 0.4) is 0 Å². The molecule has 2 aromatic rings. The fraction of sp³-hybridized carbons (Fsp3) is 0.696. The van der Waals surface area contributed by atoms with Gasteiger partial charge in [-0.25, -0.2) is 4.98 Å². The molecule has 1 N–H and O–H groups in total. The van der Waals surface area contributed by atoms with Crippen molar-refractivity contribution < 1.29 is 4.79 Å². The Morgan fingerprint density at radius 3 is 2.83 bits per heavy atom. The Bertz CT molecular complexity index is 969. The van der Waals surface area contributed by atoms with Gasteiger partial charge in [-0.2, -0.15) is 0 Å². The van der Waals surface area contributed by atoms with Crippen LogP contribution in [0.1, 0.15) is 69.6 Å². The first kappa shape index (κ1) is 20.6. The summed E-state index contributed by atoms with van der Waals surface area (Å²) in [5.74, 6) is 2.05. The molecule has 0 unspecified atom stereocenters. The molecule has 3 heterocycles. The van der Waals surface area contributed by atoms with Gasteiger partial charge in [0.15, 0.2) is 0 Å². The van der Waals surface area contributed by atoms with Gasteiger partial charge >= 0.3 is 0 Å². The minimum absolute atomic E-state index is 0.0317. The lowest BCUT2D eigenvalue weighted by Gasteiger charge is -2.33. The maximum absolute atomic E-state index is 12.8. The number of nitrogens with zero attached hydrogens (tertiary/aromatic N) is 2. The summed E-state index contributed by atoms with van der Waals surface area (Å²) in [6, 6.07) is 0. The number of hydrogen-bond acceptors (Lipinski definition) is 4. The summed E-state index contributed by atoms with van der Waals surface area (Å²) >= 11 is 1.68. The molecule has 1 aliphatic carbocycles. The van der Waals surface area contributed by atoms with E-state index in [1.165, 1.54) is 16.9 Å². The quantitative estimate of drug-likeness (QED) is 0.811. The Morgan fingerprint density at radius 1 is 1.31 bits per heavy atom. The minimum atomic E-state index is -0.0317. The number of carbonyl (C=O) groups excluding carboxylic acids is 1. The molecule has 1 saturated heterocycles. The van der Waals surface area contributed by atoms with E-state index in [1.54, 1.807) is 11.3 Å². The molecule has 5 nitrogen and oxygen atoms in total. The first-order valence-electron chi connectivity index (χ1n) is 11.0. The van der Waals surface area contributed by atoms with Gasteiger partial charge in [-0.1, -0.05) is 27.7 Å². The fourth-order valence-electron chi connectivity index (χ4n) is 4.89. The molecule has 0 spiro atoms. The lowest BCUT2D eigenvalue weighted by Crippen LogP contribution is -2.39. The molecular weight excluding hydrogens is 382 g/mol. The maximum atomic E-state index is 12.8. The van der Waals surface area contributed by atoms with E-state index in [4.69, 9.17) is 4.98 Å². The van der Waals surface area contributed by atoms with Gasteiger partial charge in [0.05, 0.1) is 5.39 Å². The maximum Gasteiger partial charge on any atom is 0.259 e. The second-order valence-corrected chi connectivity index (χ2v) is 11.2. The zero-order valence-corrected chi connectivity index (χ0v) is 19.0. The highest BCUT2D eigenvalue weighted by Gasteiger charge is 2.31. The first-order chi connectivity index (χ1) is 13.7. The number of carbonyl (C=O) groups is 1. The van der Waals surface area contributed by atoms with Gasteiger partial charge in [-0.15, -0.1) is 11.3 Å². The van der Waals surface area contributed by atoms with Gasteiger partial charge in [-0.3, -0.25) is 9.59 Å². The molecule has 2 aromatic heterocycles. The van der Waals surface area contributed by atoms with Crippen molar-refractivity contribution in [2.75, 3.05) is 13.1 Å². The van der Waals surface area contributed by atoms with Crippen LogP contribution in [0.15, 0.2) is 4.79 Å². The Labute approximate surface area is 176 Å². The summed E-state index contributed by atoms with van der Waals surface area (Å²) in [5, 5.41) is 0.789. The third-order valence-corrected chi connectivity index (χ3v) is 7.93. The summed E-state index contributed by atoms with van der Waals surface area (Å²) in [5.41, 5.74) is 1.46. The molecule has 158 valence electrons. The van der Waals surface area contributed by atoms with Crippen LogP contribution in [-0.4, -0.2) is 33.9 Å². The average Bonchev–Trinajstić information content (AvgIpc) is 3.03. The fourth-order valence-corrected chi connectivity index (χ4v) is 6.20. The number of rotatable bonds is 3. The smallest absolute Gasteiger partial charge is 0.259 e. The largest absolute Gasteiger partial charge is 0.342 e.